The third-order valence-electron chi connectivity index (χ3n) is 4.12. The molecule has 2 fully saturated rings. The predicted octanol–water partition coefficient (Wildman–Crippen LogP) is 2.17. The summed E-state index contributed by atoms with van der Waals surface area (Å²) in [5.41, 5.74) is 0. The van der Waals surface area contributed by atoms with Gasteiger partial charge in [0.25, 0.3) is 0 Å². The second kappa shape index (κ2) is 6.39. The number of carbonyl (C=O) groups is 1. The van der Waals surface area contributed by atoms with Crippen LogP contribution in [0, 0.1) is 5.92 Å². The molecular formula is C14H26N2O. The van der Waals surface area contributed by atoms with Gasteiger partial charge in [0, 0.05) is 25.6 Å². The Morgan fingerprint density at radius 1 is 1.29 bits per heavy atom. The number of amides is 1. The molecule has 1 saturated heterocycles. The van der Waals surface area contributed by atoms with Gasteiger partial charge in [-0.1, -0.05) is 13.3 Å². The summed E-state index contributed by atoms with van der Waals surface area (Å²) in [7, 11) is 0. The quantitative estimate of drug-likeness (QED) is 0.719. The molecule has 1 atom stereocenters. The number of hydrogen-bond acceptors (Lipinski definition) is 2. The van der Waals surface area contributed by atoms with E-state index in [-0.39, 0.29) is 0 Å². The number of nitrogens with zero attached hydrogens (tertiary/aromatic N) is 1. The molecule has 0 aromatic heterocycles. The van der Waals surface area contributed by atoms with E-state index in [0.717, 1.165) is 50.9 Å². The van der Waals surface area contributed by atoms with Gasteiger partial charge in [-0.25, -0.2) is 0 Å². The van der Waals surface area contributed by atoms with Gasteiger partial charge in [0.1, 0.15) is 0 Å². The van der Waals surface area contributed by atoms with Gasteiger partial charge in [-0.2, -0.15) is 0 Å². The highest BCUT2D eigenvalue weighted by molar-refractivity contribution is 5.76. The predicted molar refractivity (Wildman–Crippen MR) is 69.9 cm³/mol. The van der Waals surface area contributed by atoms with Gasteiger partial charge in [0.05, 0.1) is 0 Å². The Hall–Kier alpha value is -0.570. The van der Waals surface area contributed by atoms with Crippen LogP contribution in [0.2, 0.25) is 0 Å². The average Bonchev–Trinajstić information content (AvgIpc) is 3.15. The summed E-state index contributed by atoms with van der Waals surface area (Å²) < 4.78 is 0. The molecule has 1 aliphatic heterocycles. The van der Waals surface area contributed by atoms with Crippen LogP contribution in [0.5, 0.6) is 0 Å². The average molecular weight is 238 g/mol. The molecule has 1 heterocycles. The first-order chi connectivity index (χ1) is 8.29. The Morgan fingerprint density at radius 2 is 2.12 bits per heavy atom. The molecule has 0 bridgehead atoms. The first-order valence-corrected chi connectivity index (χ1v) is 7.30. The summed E-state index contributed by atoms with van der Waals surface area (Å²) in [6, 6.07) is 0.791. The molecule has 0 radical (unpaired) electrons. The molecule has 1 unspecified atom stereocenters. The van der Waals surface area contributed by atoms with Crippen molar-refractivity contribution in [1.29, 1.82) is 0 Å². The lowest BCUT2D eigenvalue weighted by atomic mass is 9.98. The fourth-order valence-corrected chi connectivity index (χ4v) is 2.60. The molecule has 2 aliphatic rings. The molecule has 0 aromatic carbocycles. The molecule has 1 N–H and O–H groups in total. The Kier molecular flexibility index (Phi) is 4.84. The highest BCUT2D eigenvalue weighted by Crippen LogP contribution is 2.21. The molecule has 0 aromatic rings. The Morgan fingerprint density at radius 3 is 2.82 bits per heavy atom. The second-order valence-corrected chi connectivity index (χ2v) is 5.56. The van der Waals surface area contributed by atoms with Crippen molar-refractivity contribution in [2.75, 3.05) is 19.6 Å². The lowest BCUT2D eigenvalue weighted by molar-refractivity contribution is -0.130. The third-order valence-corrected chi connectivity index (χ3v) is 4.12. The lowest BCUT2D eigenvalue weighted by Crippen LogP contribution is -2.33. The normalized spacial score (nSPS) is 26.1. The number of hydrogen-bond donors (Lipinski definition) is 1. The zero-order chi connectivity index (χ0) is 12.1. The van der Waals surface area contributed by atoms with Crippen LogP contribution in [-0.4, -0.2) is 36.5 Å². The molecule has 1 saturated carbocycles. The minimum atomic E-state index is 0.382. The maximum Gasteiger partial charge on any atom is 0.222 e. The summed E-state index contributed by atoms with van der Waals surface area (Å²) in [5, 5.41) is 3.51. The fraction of sp³-hybridized carbons (Fsp3) is 0.929. The SMILES string of the molecule is CCC1CCC(=O)N(CCCNC2CC2)CC1. The first-order valence-electron chi connectivity index (χ1n) is 7.30. The molecule has 3 heteroatoms. The topological polar surface area (TPSA) is 32.3 Å². The zero-order valence-corrected chi connectivity index (χ0v) is 11.1. The smallest absolute Gasteiger partial charge is 0.222 e. The van der Waals surface area contributed by atoms with Crippen LogP contribution in [0.1, 0.15) is 51.9 Å². The van der Waals surface area contributed by atoms with E-state index < -0.39 is 0 Å². The molecule has 2 rings (SSSR count). The number of carbonyl (C=O) groups excluding carboxylic acids is 1. The highest BCUT2D eigenvalue weighted by atomic mass is 16.2. The summed E-state index contributed by atoms with van der Waals surface area (Å²) >= 11 is 0. The monoisotopic (exact) mass is 238 g/mol. The zero-order valence-electron chi connectivity index (χ0n) is 11.1. The summed E-state index contributed by atoms with van der Waals surface area (Å²) in [6.07, 6.45) is 8.12. The van der Waals surface area contributed by atoms with Crippen LogP contribution < -0.4 is 5.32 Å². The van der Waals surface area contributed by atoms with Crippen molar-refractivity contribution in [3.05, 3.63) is 0 Å². The van der Waals surface area contributed by atoms with Crippen molar-refractivity contribution in [2.24, 2.45) is 5.92 Å². The molecule has 1 aliphatic carbocycles. The van der Waals surface area contributed by atoms with Gasteiger partial charge in [0.2, 0.25) is 5.91 Å². The van der Waals surface area contributed by atoms with E-state index in [1.807, 2.05) is 0 Å². The summed E-state index contributed by atoms with van der Waals surface area (Å²) in [6.45, 7) is 5.26. The maximum atomic E-state index is 11.9. The van der Waals surface area contributed by atoms with Crippen molar-refractivity contribution < 1.29 is 4.79 Å². The van der Waals surface area contributed by atoms with E-state index in [1.54, 1.807) is 0 Å². The number of nitrogens with one attached hydrogen (secondary N) is 1. The Balaban J connectivity index is 1.65. The van der Waals surface area contributed by atoms with Crippen molar-refractivity contribution in [3.63, 3.8) is 0 Å². The Labute approximate surface area is 105 Å². The van der Waals surface area contributed by atoms with Gasteiger partial charge in [-0.05, 0) is 44.6 Å². The Bertz CT molecular complexity index is 251. The lowest BCUT2D eigenvalue weighted by Gasteiger charge is -2.20. The molecule has 0 spiro atoms. The summed E-state index contributed by atoms with van der Waals surface area (Å²) in [5.74, 6) is 1.15. The van der Waals surface area contributed by atoms with E-state index in [2.05, 4.69) is 17.1 Å². The minimum Gasteiger partial charge on any atom is -0.343 e. The van der Waals surface area contributed by atoms with Crippen LogP contribution in [0.15, 0.2) is 0 Å². The summed E-state index contributed by atoms with van der Waals surface area (Å²) in [4.78, 5) is 14.0. The van der Waals surface area contributed by atoms with Crippen LogP contribution in [-0.2, 0) is 4.79 Å². The van der Waals surface area contributed by atoms with Crippen LogP contribution in [0.4, 0.5) is 0 Å². The third kappa shape index (κ3) is 4.30. The molecule has 3 nitrogen and oxygen atoms in total. The van der Waals surface area contributed by atoms with Crippen LogP contribution in [0.25, 0.3) is 0 Å². The van der Waals surface area contributed by atoms with Gasteiger partial charge in [-0.3, -0.25) is 4.79 Å². The maximum absolute atomic E-state index is 11.9. The molecular weight excluding hydrogens is 212 g/mol. The van der Waals surface area contributed by atoms with Gasteiger partial charge >= 0.3 is 0 Å². The first kappa shape index (κ1) is 12.9. The number of likely N-dealkylation sites (tertiary alicyclic amines) is 1. The number of rotatable bonds is 6. The van der Waals surface area contributed by atoms with Crippen molar-refractivity contribution >= 4 is 5.91 Å². The highest BCUT2D eigenvalue weighted by Gasteiger charge is 2.22. The van der Waals surface area contributed by atoms with Crippen LogP contribution >= 0.6 is 0 Å². The van der Waals surface area contributed by atoms with E-state index in [0.29, 0.717) is 5.91 Å². The van der Waals surface area contributed by atoms with Crippen molar-refractivity contribution in [1.82, 2.24) is 10.2 Å². The van der Waals surface area contributed by atoms with E-state index in [4.69, 9.17) is 0 Å². The van der Waals surface area contributed by atoms with E-state index in [1.165, 1.54) is 25.7 Å². The van der Waals surface area contributed by atoms with Crippen LogP contribution in [0.3, 0.4) is 0 Å². The largest absolute Gasteiger partial charge is 0.343 e. The van der Waals surface area contributed by atoms with Gasteiger partial charge < -0.3 is 10.2 Å². The van der Waals surface area contributed by atoms with E-state index in [9.17, 15) is 4.79 Å². The standard InChI is InChI=1S/C14H26N2O/c1-2-12-4-7-14(17)16(11-8-12)10-3-9-15-13-5-6-13/h12-13,15H,2-11H2,1H3. The molecule has 17 heavy (non-hydrogen) atoms. The second-order valence-electron chi connectivity index (χ2n) is 5.56. The minimum absolute atomic E-state index is 0.382. The fourth-order valence-electron chi connectivity index (χ4n) is 2.60. The van der Waals surface area contributed by atoms with E-state index >= 15 is 0 Å². The van der Waals surface area contributed by atoms with Crippen molar-refractivity contribution in [3.8, 4) is 0 Å². The van der Waals surface area contributed by atoms with Gasteiger partial charge in [0.15, 0.2) is 0 Å². The molecule has 1 amide bonds. The molecule has 98 valence electrons. The van der Waals surface area contributed by atoms with Crippen molar-refractivity contribution in [2.45, 2.75) is 57.9 Å². The van der Waals surface area contributed by atoms with Gasteiger partial charge in [-0.15, -0.1) is 0 Å².